The second kappa shape index (κ2) is 7.86. The number of carbonyl (C=O) groups is 2. The molecule has 0 unspecified atom stereocenters. The first-order chi connectivity index (χ1) is 13.9. The van der Waals surface area contributed by atoms with Gasteiger partial charge in [0, 0.05) is 11.0 Å². The Labute approximate surface area is 187 Å². The van der Waals surface area contributed by atoms with Crippen molar-refractivity contribution >= 4 is 55.2 Å². The lowest BCUT2D eigenvalue weighted by molar-refractivity contribution is -0.150. The summed E-state index contributed by atoms with van der Waals surface area (Å²) in [5, 5.41) is 18.9. The summed E-state index contributed by atoms with van der Waals surface area (Å²) >= 11 is 9.21. The topological polar surface area (TPSA) is 112 Å². The minimum absolute atomic E-state index is 0.0108. The van der Waals surface area contributed by atoms with Crippen LogP contribution in [0.1, 0.15) is 37.3 Å². The molecule has 0 bridgehead atoms. The molecule has 2 N–H and O–H groups in total. The molecular formula is C20H19BrClNO6S. The summed E-state index contributed by atoms with van der Waals surface area (Å²) in [6.07, 6.45) is 0.536. The molecule has 2 aromatic carbocycles. The molecule has 0 saturated carbocycles. The van der Waals surface area contributed by atoms with Crippen molar-refractivity contribution in [2.24, 2.45) is 0 Å². The van der Waals surface area contributed by atoms with Gasteiger partial charge in [0.25, 0.3) is 10.0 Å². The number of carboxylic acids is 2. The maximum atomic E-state index is 13.7. The van der Waals surface area contributed by atoms with E-state index < -0.39 is 38.3 Å². The van der Waals surface area contributed by atoms with Crippen LogP contribution in [0.3, 0.4) is 0 Å². The average Bonchev–Trinajstić information content (AvgIpc) is 2.63. The molecule has 1 aliphatic heterocycles. The molecule has 0 amide bonds. The second-order valence-corrected chi connectivity index (χ2v) is 10.7. The van der Waals surface area contributed by atoms with Crippen LogP contribution in [0.25, 0.3) is 0 Å². The molecule has 1 heterocycles. The number of hydrogen-bond donors (Lipinski definition) is 2. The summed E-state index contributed by atoms with van der Waals surface area (Å²) in [7, 11) is -4.29. The van der Waals surface area contributed by atoms with Gasteiger partial charge in [-0.3, -0.25) is 13.9 Å². The molecule has 3 rings (SSSR count). The lowest BCUT2D eigenvalue weighted by Crippen LogP contribution is -2.41. The highest BCUT2D eigenvalue weighted by Crippen LogP contribution is 2.43. The minimum atomic E-state index is -4.29. The van der Waals surface area contributed by atoms with Gasteiger partial charge in [0.15, 0.2) is 5.92 Å². The van der Waals surface area contributed by atoms with Crippen molar-refractivity contribution in [3.63, 3.8) is 0 Å². The Morgan fingerprint density at radius 2 is 1.77 bits per heavy atom. The van der Waals surface area contributed by atoms with Gasteiger partial charge in [-0.1, -0.05) is 43.6 Å². The zero-order valence-corrected chi connectivity index (χ0v) is 19.3. The number of fused-ring (bicyclic) bond motifs is 1. The molecule has 0 aromatic heterocycles. The zero-order valence-electron chi connectivity index (χ0n) is 16.1. The number of anilines is 1. The quantitative estimate of drug-likeness (QED) is 0.575. The molecule has 0 atom stereocenters. The molecule has 2 aromatic rings. The van der Waals surface area contributed by atoms with E-state index in [9.17, 15) is 28.2 Å². The maximum Gasteiger partial charge on any atom is 0.322 e. The molecule has 1 aliphatic rings. The largest absolute Gasteiger partial charge is 0.480 e. The van der Waals surface area contributed by atoms with Crippen molar-refractivity contribution in [1.82, 2.24) is 0 Å². The summed E-state index contributed by atoms with van der Waals surface area (Å²) in [5.41, 5.74) is 0.664. The minimum Gasteiger partial charge on any atom is -0.480 e. The van der Waals surface area contributed by atoms with Crippen LogP contribution in [0.2, 0.25) is 5.02 Å². The molecule has 0 fully saturated rings. The van der Waals surface area contributed by atoms with Gasteiger partial charge >= 0.3 is 11.9 Å². The first-order valence-electron chi connectivity index (χ1n) is 8.94. The molecule has 10 heteroatoms. The molecule has 160 valence electrons. The summed E-state index contributed by atoms with van der Waals surface area (Å²) in [6.45, 7) is 4.20. The fourth-order valence-corrected chi connectivity index (χ4v) is 6.03. The van der Waals surface area contributed by atoms with Crippen LogP contribution in [0.4, 0.5) is 5.69 Å². The number of sulfonamides is 1. The molecule has 7 nitrogen and oxygen atoms in total. The predicted molar refractivity (Wildman–Crippen MR) is 116 cm³/mol. The van der Waals surface area contributed by atoms with E-state index in [2.05, 4.69) is 15.9 Å². The van der Waals surface area contributed by atoms with Gasteiger partial charge in [0.05, 0.1) is 15.6 Å². The van der Waals surface area contributed by atoms with E-state index in [0.717, 1.165) is 17.7 Å². The smallest absolute Gasteiger partial charge is 0.322 e. The molecular weight excluding hydrogens is 498 g/mol. The third kappa shape index (κ3) is 3.81. The average molecular weight is 517 g/mol. The van der Waals surface area contributed by atoms with E-state index in [4.69, 9.17) is 11.6 Å². The molecule has 0 aliphatic carbocycles. The number of halogens is 2. The van der Waals surface area contributed by atoms with Crippen molar-refractivity contribution in [3.05, 3.63) is 57.0 Å². The summed E-state index contributed by atoms with van der Waals surface area (Å²) in [6, 6.07) is 9.32. The van der Waals surface area contributed by atoms with Crippen LogP contribution in [-0.4, -0.2) is 37.1 Å². The van der Waals surface area contributed by atoms with Gasteiger partial charge in [0.1, 0.15) is 0 Å². The summed E-state index contributed by atoms with van der Waals surface area (Å²) in [4.78, 5) is 22.9. The Morgan fingerprint density at radius 3 is 2.37 bits per heavy atom. The Bertz CT molecular complexity index is 1130. The normalized spacial score (nSPS) is 15.7. The predicted octanol–water partition coefficient (Wildman–Crippen LogP) is 4.23. The molecule has 0 radical (unpaired) electrons. The third-order valence-electron chi connectivity index (χ3n) is 5.27. The number of aliphatic carboxylic acids is 2. The SMILES string of the molecule is CC1(C)CCN(S(=O)(=O)c2cc(Br)c(Cl)cc2C(C(=O)O)C(=O)O)c2ccccc21. The van der Waals surface area contributed by atoms with Crippen LogP contribution in [0, 0.1) is 0 Å². The van der Waals surface area contributed by atoms with Crippen molar-refractivity contribution in [1.29, 1.82) is 0 Å². The standard InChI is InChI=1S/C20H19BrClNO6S/c1-20(2)7-8-23(15-6-4-3-5-12(15)20)30(28,29)16-10-13(21)14(22)9-11(16)17(18(24)25)19(26)27/h3-6,9-10,17H,7-8H2,1-2H3,(H,24,25)(H,26,27). The van der Waals surface area contributed by atoms with Crippen LogP contribution in [0.15, 0.2) is 45.8 Å². The molecule has 30 heavy (non-hydrogen) atoms. The second-order valence-electron chi connectivity index (χ2n) is 7.64. The summed E-state index contributed by atoms with van der Waals surface area (Å²) in [5.74, 6) is -5.45. The Hall–Kier alpha value is -2.10. The highest BCUT2D eigenvalue weighted by atomic mass is 79.9. The number of carboxylic acid groups (broad SMARTS) is 2. The first-order valence-corrected chi connectivity index (χ1v) is 11.6. The van der Waals surface area contributed by atoms with Gasteiger partial charge in [-0.2, -0.15) is 0 Å². The fourth-order valence-electron chi connectivity index (χ4n) is 3.63. The Balaban J connectivity index is 2.27. The molecule has 0 saturated heterocycles. The van der Waals surface area contributed by atoms with E-state index in [-0.39, 0.29) is 21.5 Å². The van der Waals surface area contributed by atoms with Crippen LogP contribution >= 0.6 is 27.5 Å². The van der Waals surface area contributed by atoms with Crippen molar-refractivity contribution in [2.75, 3.05) is 10.8 Å². The number of hydrogen-bond acceptors (Lipinski definition) is 4. The van der Waals surface area contributed by atoms with E-state index >= 15 is 0 Å². The monoisotopic (exact) mass is 515 g/mol. The highest BCUT2D eigenvalue weighted by molar-refractivity contribution is 9.10. The lowest BCUT2D eigenvalue weighted by Gasteiger charge is -2.39. The maximum absolute atomic E-state index is 13.7. The number of nitrogens with zero attached hydrogens (tertiary/aromatic N) is 1. The zero-order chi connectivity index (χ0) is 22.4. The van der Waals surface area contributed by atoms with Crippen molar-refractivity contribution < 1.29 is 28.2 Å². The Kier molecular flexibility index (Phi) is 5.92. The first kappa shape index (κ1) is 22.6. The van der Waals surface area contributed by atoms with E-state index in [1.807, 2.05) is 26.0 Å². The van der Waals surface area contributed by atoms with Gasteiger partial charge in [-0.25, -0.2) is 8.42 Å². The van der Waals surface area contributed by atoms with Gasteiger partial charge in [-0.05, 0) is 57.1 Å². The van der Waals surface area contributed by atoms with E-state index in [0.29, 0.717) is 12.1 Å². The van der Waals surface area contributed by atoms with Crippen molar-refractivity contribution in [3.8, 4) is 0 Å². The lowest BCUT2D eigenvalue weighted by atomic mass is 9.78. The van der Waals surface area contributed by atoms with E-state index in [1.54, 1.807) is 12.1 Å². The van der Waals surface area contributed by atoms with Gasteiger partial charge in [0.2, 0.25) is 0 Å². The molecule has 0 spiro atoms. The highest BCUT2D eigenvalue weighted by Gasteiger charge is 2.40. The van der Waals surface area contributed by atoms with E-state index in [1.165, 1.54) is 4.31 Å². The van der Waals surface area contributed by atoms with Crippen molar-refractivity contribution in [2.45, 2.75) is 36.5 Å². The number of benzene rings is 2. The fraction of sp³-hybridized carbons (Fsp3) is 0.300. The third-order valence-corrected chi connectivity index (χ3v) is 8.33. The number of rotatable bonds is 5. The summed E-state index contributed by atoms with van der Waals surface area (Å²) < 4.78 is 28.8. The van der Waals surface area contributed by atoms with Crippen LogP contribution < -0.4 is 4.31 Å². The Morgan fingerprint density at radius 1 is 1.17 bits per heavy atom. The van der Waals surface area contributed by atoms with Crippen LogP contribution in [0.5, 0.6) is 0 Å². The number of para-hydroxylation sites is 1. The van der Waals surface area contributed by atoms with Gasteiger partial charge < -0.3 is 10.2 Å². The van der Waals surface area contributed by atoms with Crippen LogP contribution in [-0.2, 0) is 25.0 Å². The van der Waals surface area contributed by atoms with Gasteiger partial charge in [-0.15, -0.1) is 0 Å².